The molecule has 52 heavy (non-hydrogen) atoms. The minimum atomic E-state index is -2.35. The van der Waals surface area contributed by atoms with Crippen LogP contribution in [0.5, 0.6) is 0 Å². The first-order valence-electron chi connectivity index (χ1n) is 17.8. The zero-order valence-corrected chi connectivity index (χ0v) is 29.9. The second kappa shape index (κ2) is 12.9. The fourth-order valence-electron chi connectivity index (χ4n) is 7.12. The number of rotatable bonds is 7. The predicted octanol–water partition coefficient (Wildman–Crippen LogP) is 11.6. The first kappa shape index (κ1) is 31.9. The molecule has 0 spiro atoms. The van der Waals surface area contributed by atoms with Crippen molar-refractivity contribution in [1.29, 1.82) is 0 Å². The largest absolute Gasteiger partial charge is 0.319 e. The number of fused-ring (bicyclic) bond motifs is 6. The summed E-state index contributed by atoms with van der Waals surface area (Å²) in [6.45, 7) is 4.01. The van der Waals surface area contributed by atoms with Crippen molar-refractivity contribution >= 4 is 56.1 Å². The van der Waals surface area contributed by atoms with E-state index in [9.17, 15) is 4.57 Å². The molecular formula is C46H35N4OP. The van der Waals surface area contributed by atoms with Gasteiger partial charge in [0.05, 0.1) is 44.8 Å². The maximum absolute atomic E-state index is 13.3. The normalized spacial score (nSPS) is 11.9. The summed E-state index contributed by atoms with van der Waals surface area (Å²) in [5.41, 5.74) is 11.1. The third-order valence-electron chi connectivity index (χ3n) is 10.2. The lowest BCUT2D eigenvalue weighted by atomic mass is 10.0. The van der Waals surface area contributed by atoms with Crippen molar-refractivity contribution in [3.05, 3.63) is 152 Å². The number of hydrogen-bond acceptors (Lipinski definition) is 5. The SMILES string of the molecule is CCP(=O)(CC)c1ccc(-c2ccc3ccc4ccc(-c5cccc(-c6ccc7ccc8ccc(-c9ccccc9)nc8c7n6)c5)nc4c3n2)cc1. The summed E-state index contributed by atoms with van der Waals surface area (Å²) in [7, 11) is -2.35. The second-order valence-electron chi connectivity index (χ2n) is 13.2. The van der Waals surface area contributed by atoms with E-state index in [2.05, 4.69) is 103 Å². The fraction of sp³-hybridized carbons (Fsp3) is 0.0870. The lowest BCUT2D eigenvalue weighted by Gasteiger charge is -2.15. The highest BCUT2D eigenvalue weighted by Gasteiger charge is 2.20. The molecule has 0 aliphatic rings. The molecule has 0 aliphatic carbocycles. The van der Waals surface area contributed by atoms with Gasteiger partial charge in [0, 0.05) is 61.4 Å². The average molecular weight is 691 g/mol. The molecule has 6 heteroatoms. The van der Waals surface area contributed by atoms with E-state index in [0.717, 1.165) is 93.9 Å². The van der Waals surface area contributed by atoms with Crippen molar-refractivity contribution in [3.8, 4) is 45.0 Å². The highest BCUT2D eigenvalue weighted by Crippen LogP contribution is 2.43. The lowest BCUT2D eigenvalue weighted by molar-refractivity contribution is 0.582. The van der Waals surface area contributed by atoms with Gasteiger partial charge in [-0.05, 0) is 30.3 Å². The van der Waals surface area contributed by atoms with Gasteiger partial charge in [-0.3, -0.25) is 0 Å². The van der Waals surface area contributed by atoms with Gasteiger partial charge in [-0.15, -0.1) is 0 Å². The maximum Gasteiger partial charge on any atom is 0.115 e. The van der Waals surface area contributed by atoms with Crippen molar-refractivity contribution in [2.24, 2.45) is 0 Å². The quantitative estimate of drug-likeness (QED) is 0.123. The first-order chi connectivity index (χ1) is 25.5. The molecule has 0 amide bonds. The third kappa shape index (κ3) is 5.64. The average Bonchev–Trinajstić information content (AvgIpc) is 3.23. The topological polar surface area (TPSA) is 68.6 Å². The molecule has 9 aromatic rings. The molecule has 0 saturated carbocycles. The van der Waals surface area contributed by atoms with Crippen LogP contribution in [0, 0.1) is 0 Å². The molecule has 5 nitrogen and oxygen atoms in total. The van der Waals surface area contributed by atoms with Crippen LogP contribution in [0.4, 0.5) is 0 Å². The Morgan fingerprint density at radius 3 is 1.13 bits per heavy atom. The van der Waals surface area contributed by atoms with Crippen LogP contribution in [0.15, 0.2) is 152 Å². The molecule has 0 aliphatic heterocycles. The van der Waals surface area contributed by atoms with Crippen LogP contribution in [0.25, 0.3) is 88.6 Å². The second-order valence-corrected chi connectivity index (χ2v) is 16.8. The van der Waals surface area contributed by atoms with Gasteiger partial charge >= 0.3 is 0 Å². The van der Waals surface area contributed by atoms with Crippen LogP contribution in [0.1, 0.15) is 13.8 Å². The van der Waals surface area contributed by atoms with E-state index < -0.39 is 7.14 Å². The van der Waals surface area contributed by atoms with Crippen molar-refractivity contribution in [1.82, 2.24) is 19.9 Å². The Morgan fingerprint density at radius 1 is 0.385 bits per heavy atom. The maximum atomic E-state index is 13.3. The molecule has 0 atom stereocenters. The number of hydrogen-bond donors (Lipinski definition) is 0. The highest BCUT2D eigenvalue weighted by molar-refractivity contribution is 7.71. The van der Waals surface area contributed by atoms with Crippen LogP contribution in [0.3, 0.4) is 0 Å². The van der Waals surface area contributed by atoms with E-state index in [1.165, 1.54) is 0 Å². The molecule has 250 valence electrons. The number of pyridine rings is 4. The van der Waals surface area contributed by atoms with E-state index in [4.69, 9.17) is 19.9 Å². The molecule has 0 radical (unpaired) electrons. The summed E-state index contributed by atoms with van der Waals surface area (Å²) in [6, 6.07) is 52.0. The molecule has 9 rings (SSSR count). The van der Waals surface area contributed by atoms with Crippen LogP contribution >= 0.6 is 7.14 Å². The predicted molar refractivity (Wildman–Crippen MR) is 218 cm³/mol. The Bertz CT molecular complexity index is 2840. The summed E-state index contributed by atoms with van der Waals surface area (Å²) in [4.78, 5) is 20.6. The summed E-state index contributed by atoms with van der Waals surface area (Å²) >= 11 is 0. The van der Waals surface area contributed by atoms with Gasteiger partial charge in [-0.25, -0.2) is 19.9 Å². The number of aromatic nitrogens is 4. The summed E-state index contributed by atoms with van der Waals surface area (Å²) in [6.07, 6.45) is 1.34. The standard InChI is InChI=1S/C46H35N4OP/c1-3-52(51,4-2)38-23-17-31(18-24-38)40-26-20-33-14-16-35-22-28-42(50-46(35)44(33)48-40)37-12-8-11-36(29-37)41-27-21-34-15-13-32-19-25-39(30-9-6-5-7-10-30)47-43(32)45(34)49-41/h5-29H,3-4H2,1-2H3. The molecule has 0 N–H and O–H groups in total. The van der Waals surface area contributed by atoms with E-state index in [-0.39, 0.29) is 0 Å². The monoisotopic (exact) mass is 690 g/mol. The van der Waals surface area contributed by atoms with E-state index in [1.807, 2.05) is 62.4 Å². The van der Waals surface area contributed by atoms with Gasteiger partial charge < -0.3 is 4.57 Å². The van der Waals surface area contributed by atoms with E-state index >= 15 is 0 Å². The molecule has 0 saturated heterocycles. The molecule has 4 aromatic heterocycles. The third-order valence-corrected chi connectivity index (χ3v) is 13.5. The fourth-order valence-corrected chi connectivity index (χ4v) is 8.99. The van der Waals surface area contributed by atoms with Gasteiger partial charge in [0.15, 0.2) is 0 Å². The molecule has 0 unspecified atom stereocenters. The molecule has 4 heterocycles. The Morgan fingerprint density at radius 2 is 0.731 bits per heavy atom. The zero-order chi connectivity index (χ0) is 35.2. The Labute approximate surface area is 302 Å². The molecular weight excluding hydrogens is 656 g/mol. The van der Waals surface area contributed by atoms with Gasteiger partial charge in [-0.1, -0.05) is 135 Å². The summed E-state index contributed by atoms with van der Waals surface area (Å²) in [5.74, 6) is 0. The van der Waals surface area contributed by atoms with Crippen LogP contribution < -0.4 is 5.30 Å². The summed E-state index contributed by atoms with van der Waals surface area (Å²) in [5, 5.41) is 5.11. The lowest BCUT2D eigenvalue weighted by Crippen LogP contribution is -2.08. The van der Waals surface area contributed by atoms with Crippen molar-refractivity contribution in [3.63, 3.8) is 0 Å². The molecule has 0 fully saturated rings. The summed E-state index contributed by atoms with van der Waals surface area (Å²) < 4.78 is 13.3. The molecule has 5 aromatic carbocycles. The zero-order valence-electron chi connectivity index (χ0n) is 29.0. The first-order valence-corrected chi connectivity index (χ1v) is 19.8. The number of nitrogens with zero attached hydrogens (tertiary/aromatic N) is 4. The Kier molecular flexibility index (Phi) is 7.94. The number of benzene rings is 5. The van der Waals surface area contributed by atoms with Crippen LogP contribution in [-0.4, -0.2) is 32.3 Å². The Hall–Kier alpha value is -6.03. The minimum absolute atomic E-state index is 0.670. The van der Waals surface area contributed by atoms with Gasteiger partial charge in [0.25, 0.3) is 0 Å². The van der Waals surface area contributed by atoms with Crippen LogP contribution in [-0.2, 0) is 4.57 Å². The molecule has 0 bridgehead atoms. The van der Waals surface area contributed by atoms with Gasteiger partial charge in [0.1, 0.15) is 7.14 Å². The van der Waals surface area contributed by atoms with Crippen molar-refractivity contribution in [2.45, 2.75) is 13.8 Å². The van der Waals surface area contributed by atoms with Crippen molar-refractivity contribution < 1.29 is 4.57 Å². The smallest absolute Gasteiger partial charge is 0.115 e. The van der Waals surface area contributed by atoms with Gasteiger partial charge in [0.2, 0.25) is 0 Å². The van der Waals surface area contributed by atoms with Crippen molar-refractivity contribution in [2.75, 3.05) is 12.3 Å². The Balaban J connectivity index is 1.10. The minimum Gasteiger partial charge on any atom is -0.319 e. The highest BCUT2D eigenvalue weighted by atomic mass is 31.2. The van der Waals surface area contributed by atoms with Crippen LogP contribution in [0.2, 0.25) is 0 Å². The van der Waals surface area contributed by atoms with E-state index in [0.29, 0.717) is 12.3 Å². The van der Waals surface area contributed by atoms with Gasteiger partial charge in [-0.2, -0.15) is 0 Å². The van der Waals surface area contributed by atoms with E-state index in [1.54, 1.807) is 0 Å².